The third-order valence-electron chi connectivity index (χ3n) is 15.9. The number of rotatable bonds is 6. The standard InChI is InChI=1S/C72H64N4O/c1-70(2,3)49-32-34-58-61-28-18-27-55(48-38-47(46-20-11-10-12-21-46)39-51(40-48)72(7,8)9)68(61)75-45-74(65-31-19-29-62(69(65)75)56-24-13-14-25-57(56)63(58)41-49)52-22-17-23-53(43-52)77-54-33-35-60-59-26-15-16-30-64(59)76(66(60)44-54)67-42-50(36-37-73-67)71(4,5)6/h10-44H,45H2,1-9H3. The third kappa shape index (κ3) is 8.37. The van der Waals surface area contributed by atoms with Gasteiger partial charge in [-0.15, -0.1) is 0 Å². The van der Waals surface area contributed by atoms with Gasteiger partial charge in [-0.3, -0.25) is 4.57 Å². The number of benzene rings is 9. The van der Waals surface area contributed by atoms with E-state index in [0.717, 1.165) is 45.1 Å². The van der Waals surface area contributed by atoms with Crippen molar-refractivity contribution in [3.63, 3.8) is 0 Å². The Kier molecular flexibility index (Phi) is 11.2. The fourth-order valence-electron chi connectivity index (χ4n) is 11.8. The first kappa shape index (κ1) is 48.0. The van der Waals surface area contributed by atoms with Gasteiger partial charge in [-0.05, 0) is 132 Å². The van der Waals surface area contributed by atoms with Crippen molar-refractivity contribution in [1.82, 2.24) is 14.1 Å². The van der Waals surface area contributed by atoms with Crippen molar-refractivity contribution in [3.8, 4) is 39.6 Å². The molecular formula is C72H64N4O. The van der Waals surface area contributed by atoms with Crippen molar-refractivity contribution >= 4 is 76.5 Å². The van der Waals surface area contributed by atoms with E-state index in [2.05, 4.69) is 283 Å². The lowest BCUT2D eigenvalue weighted by Crippen LogP contribution is -2.15. The van der Waals surface area contributed by atoms with Crippen molar-refractivity contribution in [2.75, 3.05) is 4.90 Å². The summed E-state index contributed by atoms with van der Waals surface area (Å²) in [5.74, 6) is 2.41. The number of fused-ring (bicyclic) bond motifs is 10. The monoisotopic (exact) mass is 1000 g/mol. The molecule has 0 amide bonds. The van der Waals surface area contributed by atoms with E-state index in [1.807, 2.05) is 6.20 Å². The molecule has 13 rings (SSSR count). The normalized spacial score (nSPS) is 12.9. The molecule has 12 aromatic rings. The van der Waals surface area contributed by atoms with Gasteiger partial charge < -0.3 is 14.2 Å². The lowest BCUT2D eigenvalue weighted by atomic mass is 9.83. The molecule has 0 atom stereocenters. The highest BCUT2D eigenvalue weighted by molar-refractivity contribution is 6.22. The van der Waals surface area contributed by atoms with E-state index in [0.29, 0.717) is 6.67 Å². The largest absolute Gasteiger partial charge is 0.457 e. The molecule has 0 aliphatic carbocycles. The van der Waals surface area contributed by atoms with Crippen LogP contribution in [0.1, 0.15) is 79.0 Å². The molecule has 0 N–H and O–H groups in total. The highest BCUT2D eigenvalue weighted by Gasteiger charge is 2.27. The lowest BCUT2D eigenvalue weighted by Gasteiger charge is -2.23. The second-order valence-electron chi connectivity index (χ2n) is 24.1. The van der Waals surface area contributed by atoms with Gasteiger partial charge in [0, 0.05) is 51.1 Å². The number of pyridine rings is 1. The molecule has 4 heterocycles. The Morgan fingerprint density at radius 2 is 0.987 bits per heavy atom. The minimum atomic E-state index is -0.0887. The van der Waals surface area contributed by atoms with Gasteiger partial charge in [-0.25, -0.2) is 4.98 Å². The summed E-state index contributed by atoms with van der Waals surface area (Å²) in [5, 5.41) is 9.63. The Balaban J connectivity index is 1.03. The zero-order chi connectivity index (χ0) is 53.0. The first-order valence-electron chi connectivity index (χ1n) is 27.1. The number of hydrogen-bond donors (Lipinski definition) is 0. The van der Waals surface area contributed by atoms with Crippen LogP contribution in [-0.2, 0) is 22.9 Å². The van der Waals surface area contributed by atoms with Gasteiger partial charge in [0.2, 0.25) is 0 Å². The first-order chi connectivity index (χ1) is 37.1. The average molecular weight is 1000 g/mol. The molecule has 1 aliphatic heterocycles. The highest BCUT2D eigenvalue weighted by atomic mass is 16.5. The maximum absolute atomic E-state index is 6.95. The second-order valence-corrected chi connectivity index (χ2v) is 24.1. The minimum Gasteiger partial charge on any atom is -0.457 e. The Morgan fingerprint density at radius 3 is 1.75 bits per heavy atom. The van der Waals surface area contributed by atoms with Crippen molar-refractivity contribution in [1.29, 1.82) is 0 Å². The molecule has 5 heteroatoms. The van der Waals surface area contributed by atoms with Crippen molar-refractivity contribution in [3.05, 3.63) is 229 Å². The van der Waals surface area contributed by atoms with Crippen LogP contribution in [0, 0.1) is 0 Å². The van der Waals surface area contributed by atoms with Crippen LogP contribution in [0.15, 0.2) is 212 Å². The molecule has 0 radical (unpaired) electrons. The summed E-state index contributed by atoms with van der Waals surface area (Å²) in [6, 6.07) is 76.1. The molecule has 3 aromatic heterocycles. The van der Waals surface area contributed by atoms with Crippen molar-refractivity contribution < 1.29 is 4.74 Å². The molecule has 0 bridgehead atoms. The molecule has 77 heavy (non-hydrogen) atoms. The van der Waals surface area contributed by atoms with Gasteiger partial charge in [-0.1, -0.05) is 196 Å². The summed E-state index contributed by atoms with van der Waals surface area (Å²) in [5.41, 5.74) is 15.2. The Hall–Kier alpha value is -8.67. The average Bonchev–Trinajstić information content (AvgIpc) is 4.06. The maximum Gasteiger partial charge on any atom is 0.137 e. The molecule has 0 unspecified atom stereocenters. The Bertz CT molecular complexity index is 4400. The number of aromatic nitrogens is 3. The van der Waals surface area contributed by atoms with E-state index in [-0.39, 0.29) is 16.2 Å². The molecule has 0 saturated heterocycles. The van der Waals surface area contributed by atoms with Crippen LogP contribution in [0.4, 0.5) is 11.4 Å². The zero-order valence-electron chi connectivity index (χ0n) is 45.6. The van der Waals surface area contributed by atoms with Crippen LogP contribution in [0.5, 0.6) is 11.5 Å². The van der Waals surface area contributed by atoms with Gasteiger partial charge in [0.15, 0.2) is 0 Å². The van der Waals surface area contributed by atoms with Crippen molar-refractivity contribution in [2.45, 2.75) is 85.2 Å². The highest BCUT2D eigenvalue weighted by Crippen LogP contribution is 2.47. The first-order valence-corrected chi connectivity index (χ1v) is 27.1. The van der Waals surface area contributed by atoms with Gasteiger partial charge >= 0.3 is 0 Å². The number of nitrogens with zero attached hydrogens (tertiary/aromatic N) is 4. The van der Waals surface area contributed by atoms with Crippen LogP contribution in [0.25, 0.3) is 93.2 Å². The summed E-state index contributed by atoms with van der Waals surface area (Å²) in [6.07, 6.45) is 1.93. The molecule has 378 valence electrons. The quantitative estimate of drug-likeness (QED) is 0.166. The summed E-state index contributed by atoms with van der Waals surface area (Å²) in [6.45, 7) is 21.2. The van der Waals surface area contributed by atoms with E-state index in [4.69, 9.17) is 9.72 Å². The fourth-order valence-corrected chi connectivity index (χ4v) is 11.8. The molecular weight excluding hydrogens is 937 g/mol. The Morgan fingerprint density at radius 1 is 0.390 bits per heavy atom. The zero-order valence-corrected chi connectivity index (χ0v) is 45.6. The van der Waals surface area contributed by atoms with Crippen LogP contribution in [0.2, 0.25) is 0 Å². The molecule has 0 fully saturated rings. The second kappa shape index (κ2) is 18.0. The summed E-state index contributed by atoms with van der Waals surface area (Å²) < 4.78 is 11.8. The summed E-state index contributed by atoms with van der Waals surface area (Å²) >= 11 is 0. The Labute approximate surface area is 452 Å². The van der Waals surface area contributed by atoms with Gasteiger partial charge in [0.05, 0.1) is 27.8 Å². The maximum atomic E-state index is 6.95. The van der Waals surface area contributed by atoms with Gasteiger partial charge in [0.1, 0.15) is 24.0 Å². The van der Waals surface area contributed by atoms with E-state index in [1.54, 1.807) is 0 Å². The SMILES string of the molecule is CC(C)(C)c1cc(-c2ccccc2)cc(-c2cccc3c4ccc(C(C)(C)C)cc4c4ccccc4c4cccc5c4n(c23)CN5c2cccc(Oc3ccc4c5ccccc5n(-c5cc(C(C)(C)C)ccn5)c4c3)c2)c1. The third-order valence-corrected chi connectivity index (χ3v) is 15.9. The van der Waals surface area contributed by atoms with E-state index >= 15 is 0 Å². The minimum absolute atomic E-state index is 0.0254. The van der Waals surface area contributed by atoms with E-state index < -0.39 is 0 Å². The predicted molar refractivity (Wildman–Crippen MR) is 326 cm³/mol. The molecule has 1 aliphatic rings. The van der Waals surface area contributed by atoms with Crippen LogP contribution in [-0.4, -0.2) is 14.1 Å². The predicted octanol–water partition coefficient (Wildman–Crippen LogP) is 19.8. The summed E-state index contributed by atoms with van der Waals surface area (Å²) in [7, 11) is 0. The van der Waals surface area contributed by atoms with E-state index in [9.17, 15) is 0 Å². The molecule has 0 saturated carbocycles. The number of para-hydroxylation sites is 3. The molecule has 0 spiro atoms. The van der Waals surface area contributed by atoms with Crippen molar-refractivity contribution in [2.24, 2.45) is 0 Å². The lowest BCUT2D eigenvalue weighted by molar-refractivity contribution is 0.483. The number of hydrogen-bond acceptors (Lipinski definition) is 3. The van der Waals surface area contributed by atoms with Crippen LogP contribution >= 0.6 is 0 Å². The molecule has 9 aromatic carbocycles. The smallest absolute Gasteiger partial charge is 0.137 e. The van der Waals surface area contributed by atoms with Gasteiger partial charge in [0.25, 0.3) is 0 Å². The van der Waals surface area contributed by atoms with Gasteiger partial charge in [-0.2, -0.15) is 0 Å². The molecule has 5 nitrogen and oxygen atoms in total. The van der Waals surface area contributed by atoms with Crippen LogP contribution < -0.4 is 9.64 Å². The fraction of sp³-hybridized carbons (Fsp3) is 0.181. The topological polar surface area (TPSA) is 35.2 Å². The number of anilines is 2. The summed E-state index contributed by atoms with van der Waals surface area (Å²) in [4.78, 5) is 7.41. The number of ether oxygens (including phenoxy) is 1. The van der Waals surface area contributed by atoms with E-state index in [1.165, 1.54) is 87.7 Å². The van der Waals surface area contributed by atoms with Crippen LogP contribution in [0.3, 0.4) is 0 Å².